The number of H-pyrrole nitrogens is 1. The van der Waals surface area contributed by atoms with Crippen molar-refractivity contribution >= 4 is 11.9 Å². The first-order valence-electron chi connectivity index (χ1n) is 7.41. The molecule has 0 aliphatic carbocycles. The van der Waals surface area contributed by atoms with Gasteiger partial charge < -0.3 is 15.4 Å². The average molecular weight is 355 g/mol. The molecule has 2 aromatic rings. The summed E-state index contributed by atoms with van der Waals surface area (Å²) < 4.78 is 38.4. The summed E-state index contributed by atoms with van der Waals surface area (Å²) in [6.07, 6.45) is -4.31. The maximum Gasteiger partial charge on any atom is 0.416 e. The summed E-state index contributed by atoms with van der Waals surface area (Å²) in [4.78, 5) is 29.9. The molecule has 1 aromatic carbocycles. The first-order valence-corrected chi connectivity index (χ1v) is 7.41. The molecule has 0 bridgehead atoms. The summed E-state index contributed by atoms with van der Waals surface area (Å²) in [5.74, 6) is -1.79. The van der Waals surface area contributed by atoms with Crippen molar-refractivity contribution in [3.63, 3.8) is 0 Å². The molecule has 9 heteroatoms. The van der Waals surface area contributed by atoms with Crippen molar-refractivity contribution in [2.75, 3.05) is 0 Å². The molecule has 0 aliphatic heterocycles. The number of rotatable bonds is 5. The van der Waals surface area contributed by atoms with Gasteiger partial charge in [0.25, 0.3) is 5.91 Å². The number of alkyl halides is 3. The van der Waals surface area contributed by atoms with Crippen molar-refractivity contribution in [1.82, 2.24) is 15.3 Å². The Labute approximate surface area is 141 Å². The third-order valence-corrected chi connectivity index (χ3v) is 3.57. The molecule has 0 aliphatic rings. The molecule has 0 saturated carbocycles. The number of aromatic nitrogens is 2. The number of hydrogen-bond donors (Lipinski definition) is 3. The summed E-state index contributed by atoms with van der Waals surface area (Å²) in [5, 5.41) is 11.3. The second kappa shape index (κ2) is 6.96. The molecule has 1 atom stereocenters. The number of carbonyl (C=O) groups excluding carboxylic acids is 1. The second-order valence-corrected chi connectivity index (χ2v) is 5.41. The van der Waals surface area contributed by atoms with Crippen molar-refractivity contribution in [2.45, 2.75) is 32.5 Å². The van der Waals surface area contributed by atoms with Crippen LogP contribution in [0.3, 0.4) is 0 Å². The van der Waals surface area contributed by atoms with Crippen LogP contribution in [0.4, 0.5) is 13.2 Å². The lowest BCUT2D eigenvalue weighted by molar-refractivity contribution is -0.139. The van der Waals surface area contributed by atoms with Crippen molar-refractivity contribution in [3.05, 3.63) is 41.2 Å². The van der Waals surface area contributed by atoms with E-state index in [-0.39, 0.29) is 23.5 Å². The topological polar surface area (TPSA) is 95.1 Å². The minimum Gasteiger partial charge on any atom is -0.480 e. The molecule has 0 saturated heterocycles. The smallest absolute Gasteiger partial charge is 0.416 e. The molecule has 0 radical (unpaired) electrons. The van der Waals surface area contributed by atoms with Crippen molar-refractivity contribution in [1.29, 1.82) is 0 Å². The molecule has 6 nitrogen and oxygen atoms in total. The number of halogens is 3. The maximum absolute atomic E-state index is 12.8. The van der Waals surface area contributed by atoms with E-state index in [9.17, 15) is 22.8 Å². The molecule has 3 N–H and O–H groups in total. The summed E-state index contributed by atoms with van der Waals surface area (Å²) in [6.45, 7) is 3.13. The molecular weight excluding hydrogens is 339 g/mol. The SMILES string of the molecule is CCC(NC(=O)c1nc(-c2cccc(C(F)(F)F)c2)[nH]c1C)C(=O)O. The van der Waals surface area contributed by atoms with E-state index in [4.69, 9.17) is 5.11 Å². The highest BCUT2D eigenvalue weighted by Crippen LogP contribution is 2.31. The zero-order valence-electron chi connectivity index (χ0n) is 13.4. The van der Waals surface area contributed by atoms with Crippen LogP contribution in [-0.4, -0.2) is 33.0 Å². The van der Waals surface area contributed by atoms with Gasteiger partial charge in [-0.15, -0.1) is 0 Å². The fourth-order valence-electron chi connectivity index (χ4n) is 2.23. The Morgan fingerprint density at radius 1 is 1.36 bits per heavy atom. The highest BCUT2D eigenvalue weighted by Gasteiger charge is 2.31. The molecule has 1 aromatic heterocycles. The van der Waals surface area contributed by atoms with Crippen LogP contribution in [-0.2, 0) is 11.0 Å². The van der Waals surface area contributed by atoms with Crippen molar-refractivity contribution < 1.29 is 27.9 Å². The number of carbonyl (C=O) groups is 2. The Morgan fingerprint density at radius 2 is 2.04 bits per heavy atom. The molecule has 134 valence electrons. The maximum atomic E-state index is 12.8. The van der Waals surface area contributed by atoms with Crippen LogP contribution in [0.1, 0.15) is 35.1 Å². The number of nitrogens with zero attached hydrogens (tertiary/aromatic N) is 1. The standard InChI is InChI=1S/C16H16F3N3O3/c1-3-11(15(24)25)21-14(23)12-8(2)20-13(22-12)9-5-4-6-10(7-9)16(17,18)19/h4-7,11H,3H2,1-2H3,(H,20,22)(H,21,23)(H,24,25). The van der Waals surface area contributed by atoms with E-state index in [1.807, 2.05) is 0 Å². The highest BCUT2D eigenvalue weighted by atomic mass is 19.4. The normalized spacial score (nSPS) is 12.7. The lowest BCUT2D eigenvalue weighted by Gasteiger charge is -2.11. The molecule has 1 amide bonds. The number of aliphatic carboxylic acids is 1. The van der Waals surface area contributed by atoms with E-state index in [0.717, 1.165) is 12.1 Å². The first-order chi connectivity index (χ1) is 11.6. The Morgan fingerprint density at radius 3 is 2.60 bits per heavy atom. The monoisotopic (exact) mass is 355 g/mol. The van der Waals surface area contributed by atoms with E-state index in [1.54, 1.807) is 6.92 Å². The second-order valence-electron chi connectivity index (χ2n) is 5.41. The van der Waals surface area contributed by atoms with Gasteiger partial charge in [0.2, 0.25) is 0 Å². The fourth-order valence-corrected chi connectivity index (χ4v) is 2.23. The minimum atomic E-state index is -4.49. The quantitative estimate of drug-likeness (QED) is 0.768. The molecule has 0 fully saturated rings. The lowest BCUT2D eigenvalue weighted by atomic mass is 10.1. The summed E-state index contributed by atoms with van der Waals surface area (Å²) in [5.41, 5.74) is -0.401. The molecular formula is C16H16F3N3O3. The number of carboxylic acids is 1. The highest BCUT2D eigenvalue weighted by molar-refractivity contribution is 5.96. The van der Waals surface area contributed by atoms with Gasteiger partial charge >= 0.3 is 12.1 Å². The third kappa shape index (κ3) is 4.17. The predicted molar refractivity (Wildman–Crippen MR) is 82.9 cm³/mol. The summed E-state index contributed by atoms with van der Waals surface area (Å²) in [6, 6.07) is 3.47. The molecule has 2 rings (SSSR count). The van der Waals surface area contributed by atoms with Gasteiger partial charge in [0.1, 0.15) is 17.6 Å². The van der Waals surface area contributed by atoms with E-state index in [1.165, 1.54) is 19.1 Å². The van der Waals surface area contributed by atoms with Gasteiger partial charge in [0, 0.05) is 11.3 Å². The first kappa shape index (κ1) is 18.5. The van der Waals surface area contributed by atoms with Crippen LogP contribution < -0.4 is 5.32 Å². The number of carboxylic acid groups (broad SMARTS) is 1. The van der Waals surface area contributed by atoms with Crippen molar-refractivity contribution in [3.8, 4) is 11.4 Å². The van der Waals surface area contributed by atoms with Crippen LogP contribution in [0.25, 0.3) is 11.4 Å². The summed E-state index contributed by atoms with van der Waals surface area (Å²) >= 11 is 0. The Hall–Kier alpha value is -2.84. The predicted octanol–water partition coefficient (Wildman–Crippen LogP) is 3.00. The molecule has 25 heavy (non-hydrogen) atoms. The van der Waals surface area contributed by atoms with Crippen LogP contribution >= 0.6 is 0 Å². The van der Waals surface area contributed by atoms with E-state index in [0.29, 0.717) is 5.69 Å². The number of benzene rings is 1. The van der Waals surface area contributed by atoms with Gasteiger partial charge in [-0.2, -0.15) is 13.2 Å². The van der Waals surface area contributed by atoms with Crippen LogP contribution in [0.2, 0.25) is 0 Å². The molecule has 1 unspecified atom stereocenters. The van der Waals surface area contributed by atoms with Crippen LogP contribution in [0, 0.1) is 6.92 Å². The largest absolute Gasteiger partial charge is 0.480 e. The number of aryl methyl sites for hydroxylation is 1. The minimum absolute atomic E-state index is 0.0629. The van der Waals surface area contributed by atoms with Gasteiger partial charge in [-0.3, -0.25) is 4.79 Å². The number of nitrogens with one attached hydrogen (secondary N) is 2. The Balaban J connectivity index is 2.31. The molecule has 0 spiro atoms. The average Bonchev–Trinajstić information content (AvgIpc) is 2.93. The number of aromatic amines is 1. The molecule has 1 heterocycles. The van der Waals surface area contributed by atoms with Crippen LogP contribution in [0.15, 0.2) is 24.3 Å². The third-order valence-electron chi connectivity index (χ3n) is 3.57. The van der Waals surface area contributed by atoms with E-state index in [2.05, 4.69) is 15.3 Å². The van der Waals surface area contributed by atoms with Gasteiger partial charge in [0.05, 0.1) is 5.56 Å². The fraction of sp³-hybridized carbons (Fsp3) is 0.312. The van der Waals surface area contributed by atoms with Gasteiger partial charge in [0.15, 0.2) is 0 Å². The van der Waals surface area contributed by atoms with Crippen LogP contribution in [0.5, 0.6) is 0 Å². The van der Waals surface area contributed by atoms with E-state index < -0.39 is 29.7 Å². The van der Waals surface area contributed by atoms with Gasteiger partial charge in [-0.05, 0) is 25.5 Å². The number of hydrogen-bond acceptors (Lipinski definition) is 3. The van der Waals surface area contributed by atoms with E-state index >= 15 is 0 Å². The van der Waals surface area contributed by atoms with Gasteiger partial charge in [-0.25, -0.2) is 9.78 Å². The number of imidazole rings is 1. The Bertz CT molecular complexity index is 799. The van der Waals surface area contributed by atoms with Crippen molar-refractivity contribution in [2.24, 2.45) is 0 Å². The lowest BCUT2D eigenvalue weighted by Crippen LogP contribution is -2.40. The Kier molecular flexibility index (Phi) is 5.15. The zero-order valence-corrected chi connectivity index (χ0v) is 13.4. The number of amides is 1. The zero-order chi connectivity index (χ0) is 18.8. The van der Waals surface area contributed by atoms with Gasteiger partial charge in [-0.1, -0.05) is 19.1 Å². The summed E-state index contributed by atoms with van der Waals surface area (Å²) in [7, 11) is 0.